The first-order valence-corrected chi connectivity index (χ1v) is 12.3. The quantitative estimate of drug-likeness (QED) is 0.270. The summed E-state index contributed by atoms with van der Waals surface area (Å²) in [6.07, 6.45) is 4.48. The van der Waals surface area contributed by atoms with Crippen molar-refractivity contribution in [2.24, 2.45) is 5.92 Å². The molecule has 3 aromatic rings. The van der Waals surface area contributed by atoms with Crippen LogP contribution in [0.2, 0.25) is 0 Å². The number of hydrogen-bond donors (Lipinski definition) is 0. The van der Waals surface area contributed by atoms with E-state index >= 15 is 0 Å². The fourth-order valence-electron chi connectivity index (χ4n) is 3.75. The number of thioether (sulfide) groups is 1. The second-order valence-electron chi connectivity index (χ2n) is 7.91. The number of aromatic nitrogens is 2. The lowest BCUT2D eigenvalue weighted by Crippen LogP contribution is -2.28. The number of ether oxygens (including phenoxy) is 1. The minimum absolute atomic E-state index is 0.0566. The molecule has 1 atom stereocenters. The molecule has 2 aromatic heterocycles. The fraction of sp³-hybridized carbons (Fsp3) is 0.478. The topological polar surface area (TPSA) is 44.1 Å². The molecule has 0 bridgehead atoms. The van der Waals surface area contributed by atoms with Gasteiger partial charge in [0.05, 0.1) is 23.8 Å². The number of thiophene rings is 1. The number of para-hydroxylation sites is 1. The molecule has 4 rings (SSSR count). The number of benzene rings is 1. The molecule has 0 amide bonds. The Labute approximate surface area is 180 Å². The molecule has 4 nitrogen and oxygen atoms in total. The zero-order valence-corrected chi connectivity index (χ0v) is 18.9. The van der Waals surface area contributed by atoms with E-state index in [9.17, 15) is 4.79 Å². The van der Waals surface area contributed by atoms with Crippen molar-refractivity contribution in [3.63, 3.8) is 0 Å². The monoisotopic (exact) mass is 428 g/mol. The first-order valence-electron chi connectivity index (χ1n) is 10.5. The van der Waals surface area contributed by atoms with Crippen molar-refractivity contribution in [1.82, 2.24) is 9.55 Å². The van der Waals surface area contributed by atoms with Gasteiger partial charge < -0.3 is 4.74 Å². The summed E-state index contributed by atoms with van der Waals surface area (Å²) >= 11 is 3.32. The van der Waals surface area contributed by atoms with Crippen molar-refractivity contribution < 1.29 is 4.74 Å². The van der Waals surface area contributed by atoms with Crippen LogP contribution in [0, 0.1) is 5.92 Å². The molecular formula is C23H28N2O2S2. The van der Waals surface area contributed by atoms with Crippen LogP contribution in [0.5, 0.6) is 0 Å². The summed E-state index contributed by atoms with van der Waals surface area (Å²) in [5, 5.41) is 1.59. The summed E-state index contributed by atoms with van der Waals surface area (Å²) < 4.78 is 7.85. The maximum Gasteiger partial charge on any atom is 0.267 e. The molecular weight excluding hydrogens is 400 g/mol. The Bertz CT molecular complexity index is 1040. The molecule has 0 radical (unpaired) electrons. The van der Waals surface area contributed by atoms with Gasteiger partial charge in [-0.05, 0) is 30.0 Å². The van der Waals surface area contributed by atoms with Crippen LogP contribution in [0.1, 0.15) is 50.5 Å². The van der Waals surface area contributed by atoms with Gasteiger partial charge in [-0.1, -0.05) is 63.6 Å². The SMILES string of the molecule is CCCCCSc1nc2sc3c(c2c(=O)n1-c1ccccc1)C[C@@H](C(C)C)OC3. The first-order chi connectivity index (χ1) is 14.1. The van der Waals surface area contributed by atoms with Gasteiger partial charge in [-0.2, -0.15) is 0 Å². The Morgan fingerprint density at radius 3 is 2.79 bits per heavy atom. The molecule has 154 valence electrons. The lowest BCUT2D eigenvalue weighted by atomic mass is 9.96. The predicted molar refractivity (Wildman–Crippen MR) is 123 cm³/mol. The standard InChI is InChI=1S/C23H28N2O2S2/c1-4-5-9-12-28-23-24-21-20(22(26)25(23)16-10-7-6-8-11-16)17-13-18(15(2)3)27-14-19(17)29-21/h6-8,10-11,15,18H,4-5,9,12-14H2,1-3H3/t18-/m0/s1. The highest BCUT2D eigenvalue weighted by Crippen LogP contribution is 2.36. The molecule has 0 unspecified atom stereocenters. The van der Waals surface area contributed by atoms with Gasteiger partial charge in [0.1, 0.15) is 4.83 Å². The molecule has 0 spiro atoms. The number of unbranched alkanes of at least 4 members (excludes halogenated alkanes) is 2. The van der Waals surface area contributed by atoms with E-state index in [0.717, 1.165) is 50.1 Å². The normalized spacial score (nSPS) is 16.5. The molecule has 1 aromatic carbocycles. The van der Waals surface area contributed by atoms with Gasteiger partial charge in [0.15, 0.2) is 5.16 Å². The van der Waals surface area contributed by atoms with Crippen molar-refractivity contribution >= 4 is 33.3 Å². The molecule has 1 aliphatic heterocycles. The van der Waals surface area contributed by atoms with Crippen LogP contribution in [-0.2, 0) is 17.8 Å². The minimum atomic E-state index is 0.0566. The van der Waals surface area contributed by atoms with Gasteiger partial charge in [-0.3, -0.25) is 9.36 Å². The van der Waals surface area contributed by atoms with E-state index in [4.69, 9.17) is 9.72 Å². The Morgan fingerprint density at radius 2 is 2.07 bits per heavy atom. The Morgan fingerprint density at radius 1 is 1.28 bits per heavy atom. The van der Waals surface area contributed by atoms with Crippen LogP contribution in [0.25, 0.3) is 15.9 Å². The molecule has 0 fully saturated rings. The van der Waals surface area contributed by atoms with E-state index in [2.05, 4.69) is 20.8 Å². The number of nitrogens with zero attached hydrogens (tertiary/aromatic N) is 2. The third-order valence-corrected chi connectivity index (χ3v) is 7.57. The highest BCUT2D eigenvalue weighted by molar-refractivity contribution is 7.99. The fourth-order valence-corrected chi connectivity index (χ4v) is 5.93. The summed E-state index contributed by atoms with van der Waals surface area (Å²) in [5.74, 6) is 1.40. The van der Waals surface area contributed by atoms with E-state index in [1.54, 1.807) is 23.1 Å². The predicted octanol–water partition coefficient (Wildman–Crippen LogP) is 5.83. The summed E-state index contributed by atoms with van der Waals surface area (Å²) in [7, 11) is 0. The van der Waals surface area contributed by atoms with Crippen molar-refractivity contribution in [3.05, 3.63) is 51.1 Å². The van der Waals surface area contributed by atoms with E-state index in [1.165, 1.54) is 12.8 Å². The first kappa shape index (κ1) is 20.6. The van der Waals surface area contributed by atoms with Crippen LogP contribution in [0.15, 0.2) is 40.3 Å². The smallest absolute Gasteiger partial charge is 0.267 e. The second kappa shape index (κ2) is 9.02. The number of rotatable bonds is 7. The van der Waals surface area contributed by atoms with Crippen LogP contribution < -0.4 is 5.56 Å². The highest BCUT2D eigenvalue weighted by Gasteiger charge is 2.28. The zero-order chi connectivity index (χ0) is 20.4. The Balaban J connectivity index is 1.84. The molecule has 29 heavy (non-hydrogen) atoms. The van der Waals surface area contributed by atoms with Gasteiger partial charge in [0.25, 0.3) is 5.56 Å². The van der Waals surface area contributed by atoms with Gasteiger partial charge in [-0.15, -0.1) is 11.3 Å². The van der Waals surface area contributed by atoms with Gasteiger partial charge in [-0.25, -0.2) is 4.98 Å². The van der Waals surface area contributed by atoms with E-state index in [1.807, 2.05) is 34.9 Å². The second-order valence-corrected chi connectivity index (χ2v) is 10.1. The van der Waals surface area contributed by atoms with Crippen molar-refractivity contribution in [2.45, 2.75) is 64.3 Å². The largest absolute Gasteiger partial charge is 0.372 e. The van der Waals surface area contributed by atoms with Crippen molar-refractivity contribution in [2.75, 3.05) is 5.75 Å². The van der Waals surface area contributed by atoms with E-state index in [0.29, 0.717) is 12.5 Å². The highest BCUT2D eigenvalue weighted by atomic mass is 32.2. The summed E-state index contributed by atoms with van der Waals surface area (Å²) in [6, 6.07) is 9.91. The zero-order valence-electron chi connectivity index (χ0n) is 17.3. The molecule has 3 heterocycles. The lowest BCUT2D eigenvalue weighted by molar-refractivity contribution is 0.00200. The summed E-state index contributed by atoms with van der Waals surface area (Å²) in [4.78, 5) is 20.7. The Kier molecular flexibility index (Phi) is 6.42. The van der Waals surface area contributed by atoms with Crippen LogP contribution >= 0.6 is 23.1 Å². The lowest BCUT2D eigenvalue weighted by Gasteiger charge is -2.26. The van der Waals surface area contributed by atoms with E-state index < -0.39 is 0 Å². The van der Waals surface area contributed by atoms with Crippen molar-refractivity contribution in [3.8, 4) is 5.69 Å². The average molecular weight is 429 g/mol. The minimum Gasteiger partial charge on any atom is -0.372 e. The molecule has 1 aliphatic rings. The van der Waals surface area contributed by atoms with Crippen molar-refractivity contribution in [1.29, 1.82) is 0 Å². The van der Waals surface area contributed by atoms with Crippen LogP contribution in [-0.4, -0.2) is 21.4 Å². The number of fused-ring (bicyclic) bond motifs is 3. The molecule has 0 saturated heterocycles. The average Bonchev–Trinajstić information content (AvgIpc) is 3.09. The Hall–Kier alpha value is -1.63. The van der Waals surface area contributed by atoms with Crippen LogP contribution in [0.3, 0.4) is 0 Å². The molecule has 0 N–H and O–H groups in total. The maximum atomic E-state index is 13.7. The summed E-state index contributed by atoms with van der Waals surface area (Å²) in [6.45, 7) is 7.14. The maximum absolute atomic E-state index is 13.7. The molecule has 0 aliphatic carbocycles. The third kappa shape index (κ3) is 4.16. The van der Waals surface area contributed by atoms with Crippen LogP contribution in [0.4, 0.5) is 0 Å². The molecule has 6 heteroatoms. The summed E-state index contributed by atoms with van der Waals surface area (Å²) in [5.41, 5.74) is 2.10. The molecule has 0 saturated carbocycles. The van der Waals surface area contributed by atoms with Gasteiger partial charge >= 0.3 is 0 Å². The number of hydrogen-bond acceptors (Lipinski definition) is 5. The van der Waals surface area contributed by atoms with Gasteiger partial charge in [0, 0.05) is 17.1 Å². The van der Waals surface area contributed by atoms with E-state index in [-0.39, 0.29) is 11.7 Å². The third-order valence-electron chi connectivity index (χ3n) is 5.45. The van der Waals surface area contributed by atoms with Gasteiger partial charge in [0.2, 0.25) is 0 Å².